The molecule has 3 heteroatoms. The molecule has 0 aromatic heterocycles. The Kier molecular flexibility index (Phi) is 4.42. The number of hydrogen-bond acceptors (Lipinski definition) is 3. The van der Waals surface area contributed by atoms with Crippen LogP contribution in [0.1, 0.15) is 30.4 Å². The van der Waals surface area contributed by atoms with E-state index in [2.05, 4.69) is 47.4 Å². The van der Waals surface area contributed by atoms with Crippen molar-refractivity contribution in [2.75, 3.05) is 18.1 Å². The number of rotatable bonds is 5. The van der Waals surface area contributed by atoms with Gasteiger partial charge in [0.1, 0.15) is 0 Å². The zero-order valence-electron chi connectivity index (χ0n) is 12.9. The van der Waals surface area contributed by atoms with Crippen molar-refractivity contribution in [3.63, 3.8) is 0 Å². The standard InChI is InChI=1S/C19H21NO2/c1-2-22-19(21)12-16-14-20(13-15-8-4-3-5-9-15)18-11-7-6-10-17(16)18/h3-11,16H,2,12-14H2,1H3. The Balaban J connectivity index is 1.78. The Bertz CT molecular complexity index is 639. The summed E-state index contributed by atoms with van der Waals surface area (Å²) in [7, 11) is 0. The first-order valence-electron chi connectivity index (χ1n) is 7.81. The molecule has 1 atom stereocenters. The van der Waals surface area contributed by atoms with Gasteiger partial charge in [0.25, 0.3) is 0 Å². The number of hydrogen-bond donors (Lipinski definition) is 0. The molecule has 3 rings (SSSR count). The lowest BCUT2D eigenvalue weighted by atomic mass is 9.98. The van der Waals surface area contributed by atoms with Crippen molar-refractivity contribution in [2.24, 2.45) is 0 Å². The van der Waals surface area contributed by atoms with Gasteiger partial charge < -0.3 is 9.64 Å². The maximum atomic E-state index is 11.8. The number of carbonyl (C=O) groups excluding carboxylic acids is 1. The summed E-state index contributed by atoms with van der Waals surface area (Å²) in [5, 5.41) is 0. The van der Waals surface area contributed by atoms with Crippen LogP contribution in [0.15, 0.2) is 54.6 Å². The predicted molar refractivity (Wildman–Crippen MR) is 87.9 cm³/mol. The van der Waals surface area contributed by atoms with E-state index in [1.54, 1.807) is 0 Å². The summed E-state index contributed by atoms with van der Waals surface area (Å²) in [5.41, 5.74) is 3.78. The molecule has 2 aromatic carbocycles. The predicted octanol–water partition coefficient (Wildman–Crippen LogP) is 3.74. The Morgan fingerprint density at radius 3 is 2.64 bits per heavy atom. The van der Waals surface area contributed by atoms with Gasteiger partial charge in [0.2, 0.25) is 0 Å². The summed E-state index contributed by atoms with van der Waals surface area (Å²) in [4.78, 5) is 14.2. The third kappa shape index (κ3) is 3.14. The SMILES string of the molecule is CCOC(=O)CC1CN(Cc2ccccc2)c2ccccc21. The van der Waals surface area contributed by atoms with Gasteiger partial charge in [-0.25, -0.2) is 0 Å². The van der Waals surface area contributed by atoms with E-state index in [1.807, 2.05) is 19.1 Å². The third-order valence-electron chi connectivity index (χ3n) is 4.09. The van der Waals surface area contributed by atoms with Gasteiger partial charge in [-0.15, -0.1) is 0 Å². The molecule has 0 N–H and O–H groups in total. The lowest BCUT2D eigenvalue weighted by Crippen LogP contribution is -2.22. The zero-order chi connectivity index (χ0) is 15.4. The van der Waals surface area contributed by atoms with E-state index < -0.39 is 0 Å². The molecule has 22 heavy (non-hydrogen) atoms. The van der Waals surface area contributed by atoms with Gasteiger partial charge in [-0.1, -0.05) is 48.5 Å². The quantitative estimate of drug-likeness (QED) is 0.787. The highest BCUT2D eigenvalue weighted by Gasteiger charge is 2.30. The molecule has 1 unspecified atom stereocenters. The van der Waals surface area contributed by atoms with E-state index in [4.69, 9.17) is 4.74 Å². The van der Waals surface area contributed by atoms with Gasteiger partial charge >= 0.3 is 5.97 Å². The second-order valence-electron chi connectivity index (χ2n) is 5.63. The minimum absolute atomic E-state index is 0.108. The summed E-state index contributed by atoms with van der Waals surface area (Å²) < 4.78 is 5.11. The molecule has 0 saturated heterocycles. The van der Waals surface area contributed by atoms with Crippen LogP contribution in [0.25, 0.3) is 0 Å². The highest BCUT2D eigenvalue weighted by atomic mass is 16.5. The fourth-order valence-electron chi connectivity index (χ4n) is 3.13. The van der Waals surface area contributed by atoms with Crippen molar-refractivity contribution in [1.82, 2.24) is 0 Å². The molecule has 3 nitrogen and oxygen atoms in total. The molecule has 1 aliphatic heterocycles. The molecule has 1 heterocycles. The Labute approximate surface area is 131 Å². The van der Waals surface area contributed by atoms with Crippen LogP contribution in [0.3, 0.4) is 0 Å². The van der Waals surface area contributed by atoms with Crippen LogP contribution in [0.2, 0.25) is 0 Å². The summed E-state index contributed by atoms with van der Waals surface area (Å²) in [6.07, 6.45) is 0.455. The molecule has 0 saturated carbocycles. The number of fused-ring (bicyclic) bond motifs is 1. The van der Waals surface area contributed by atoms with Crippen LogP contribution in [-0.2, 0) is 16.1 Å². The molecule has 2 aromatic rings. The lowest BCUT2D eigenvalue weighted by Gasteiger charge is -2.20. The van der Waals surface area contributed by atoms with E-state index >= 15 is 0 Å². The third-order valence-corrected chi connectivity index (χ3v) is 4.09. The average Bonchev–Trinajstić information content (AvgIpc) is 2.87. The maximum absolute atomic E-state index is 11.8. The van der Waals surface area contributed by atoms with Crippen LogP contribution >= 0.6 is 0 Å². The molecule has 0 spiro atoms. The molecule has 0 amide bonds. The topological polar surface area (TPSA) is 29.5 Å². The van der Waals surface area contributed by atoms with E-state index in [0.29, 0.717) is 13.0 Å². The van der Waals surface area contributed by atoms with E-state index in [-0.39, 0.29) is 11.9 Å². The Morgan fingerprint density at radius 1 is 1.14 bits per heavy atom. The molecule has 0 fully saturated rings. The molecule has 1 aliphatic rings. The van der Waals surface area contributed by atoms with E-state index in [0.717, 1.165) is 13.1 Å². The van der Waals surface area contributed by atoms with Crippen LogP contribution in [0.4, 0.5) is 5.69 Å². The number of nitrogens with zero attached hydrogens (tertiary/aromatic N) is 1. The van der Waals surface area contributed by atoms with Gasteiger partial charge in [0.05, 0.1) is 13.0 Å². The molecule has 0 aliphatic carbocycles. The van der Waals surface area contributed by atoms with Crippen LogP contribution in [-0.4, -0.2) is 19.1 Å². The number of benzene rings is 2. The number of para-hydroxylation sites is 1. The highest BCUT2D eigenvalue weighted by Crippen LogP contribution is 2.38. The number of carbonyl (C=O) groups is 1. The summed E-state index contributed by atoms with van der Waals surface area (Å²) in [6.45, 7) is 4.04. The van der Waals surface area contributed by atoms with E-state index in [1.165, 1.54) is 16.8 Å². The van der Waals surface area contributed by atoms with Crippen molar-refractivity contribution in [3.05, 3.63) is 65.7 Å². The molecule has 0 radical (unpaired) electrons. The minimum atomic E-state index is -0.108. The minimum Gasteiger partial charge on any atom is -0.466 e. The first-order valence-corrected chi connectivity index (χ1v) is 7.81. The van der Waals surface area contributed by atoms with Crippen LogP contribution in [0.5, 0.6) is 0 Å². The second kappa shape index (κ2) is 6.65. The fourth-order valence-corrected chi connectivity index (χ4v) is 3.13. The van der Waals surface area contributed by atoms with Crippen LogP contribution in [0, 0.1) is 0 Å². The Hall–Kier alpha value is -2.29. The first kappa shape index (κ1) is 14.6. The maximum Gasteiger partial charge on any atom is 0.306 e. The second-order valence-corrected chi connectivity index (χ2v) is 5.63. The van der Waals surface area contributed by atoms with Gasteiger partial charge in [0, 0.05) is 24.7 Å². The van der Waals surface area contributed by atoms with Crippen molar-refractivity contribution >= 4 is 11.7 Å². The summed E-state index contributed by atoms with van der Waals surface area (Å²) >= 11 is 0. The van der Waals surface area contributed by atoms with Crippen LogP contribution < -0.4 is 4.90 Å². The zero-order valence-corrected chi connectivity index (χ0v) is 12.9. The van der Waals surface area contributed by atoms with Gasteiger partial charge in [-0.3, -0.25) is 4.79 Å². The van der Waals surface area contributed by atoms with Crippen molar-refractivity contribution in [1.29, 1.82) is 0 Å². The summed E-state index contributed by atoms with van der Waals surface area (Å²) in [5.74, 6) is 0.114. The van der Waals surface area contributed by atoms with Crippen molar-refractivity contribution < 1.29 is 9.53 Å². The van der Waals surface area contributed by atoms with Gasteiger partial charge in [0.15, 0.2) is 0 Å². The van der Waals surface area contributed by atoms with Gasteiger partial charge in [-0.2, -0.15) is 0 Å². The van der Waals surface area contributed by atoms with E-state index in [9.17, 15) is 4.79 Å². The largest absolute Gasteiger partial charge is 0.466 e. The highest BCUT2D eigenvalue weighted by molar-refractivity contribution is 5.73. The van der Waals surface area contributed by atoms with Gasteiger partial charge in [-0.05, 0) is 24.1 Å². The number of ether oxygens (including phenoxy) is 1. The van der Waals surface area contributed by atoms with Crippen molar-refractivity contribution in [3.8, 4) is 0 Å². The fraction of sp³-hybridized carbons (Fsp3) is 0.316. The average molecular weight is 295 g/mol. The lowest BCUT2D eigenvalue weighted by molar-refractivity contribution is -0.143. The number of esters is 1. The monoisotopic (exact) mass is 295 g/mol. The molecular formula is C19H21NO2. The smallest absolute Gasteiger partial charge is 0.306 e. The van der Waals surface area contributed by atoms with Crippen molar-refractivity contribution in [2.45, 2.75) is 25.8 Å². The first-order chi connectivity index (χ1) is 10.8. The molecule has 0 bridgehead atoms. The Morgan fingerprint density at radius 2 is 1.86 bits per heavy atom. The molecular weight excluding hydrogens is 274 g/mol. The normalized spacial score (nSPS) is 16.4. The summed E-state index contributed by atoms with van der Waals surface area (Å²) in [6, 6.07) is 18.8. The molecule has 114 valence electrons. The number of anilines is 1.